The summed E-state index contributed by atoms with van der Waals surface area (Å²) in [5.74, 6) is -4.40. The summed E-state index contributed by atoms with van der Waals surface area (Å²) in [5.41, 5.74) is -0.584. The highest BCUT2D eigenvalue weighted by Crippen LogP contribution is 2.41. The first-order valence-corrected chi connectivity index (χ1v) is 15.4. The third-order valence-corrected chi connectivity index (χ3v) is 8.38. The molecule has 2 aliphatic heterocycles. The Morgan fingerprint density at radius 2 is 1.72 bits per heavy atom. The topological polar surface area (TPSA) is 192 Å². The summed E-state index contributed by atoms with van der Waals surface area (Å²) in [5, 5.41) is 6.03. The van der Waals surface area contributed by atoms with Crippen LogP contribution < -0.4 is 11.1 Å². The number of allylic oxidation sites excluding steroid dienone is 1. The molecule has 3 heterocycles. The average molecular weight is 681 g/mol. The third-order valence-electron chi connectivity index (χ3n) is 6.85. The summed E-state index contributed by atoms with van der Waals surface area (Å²) in [6.45, 7) is 0. The minimum Gasteiger partial charge on any atom is -0.448 e. The van der Waals surface area contributed by atoms with Crippen LogP contribution in [0.3, 0.4) is 0 Å². The number of nitrogens with zero attached hydrogens (tertiary/aromatic N) is 4. The van der Waals surface area contributed by atoms with Gasteiger partial charge in [0.15, 0.2) is 22.7 Å². The Bertz CT molecular complexity index is 1780. The lowest BCUT2D eigenvalue weighted by Crippen LogP contribution is -2.72. The zero-order valence-corrected chi connectivity index (χ0v) is 25.1. The highest BCUT2D eigenvalue weighted by molar-refractivity contribution is 7.87. The maximum absolute atomic E-state index is 13.8. The number of hydrogen-bond donors (Lipinski definition) is 2. The number of nitrogens with one attached hydrogen (secondary N) is 1. The second-order valence-corrected chi connectivity index (χ2v) is 12.0. The Balaban J connectivity index is 1.48. The number of hydrogen-bond acceptors (Lipinski definition) is 13. The monoisotopic (exact) mass is 680 g/mol. The van der Waals surface area contributed by atoms with Gasteiger partial charge in [-0.25, -0.2) is 4.79 Å². The van der Waals surface area contributed by atoms with Gasteiger partial charge in [0.2, 0.25) is 11.5 Å². The summed E-state index contributed by atoms with van der Waals surface area (Å²) < 4.78 is 77.9. The van der Waals surface area contributed by atoms with Crippen LogP contribution in [-0.2, 0) is 38.3 Å². The van der Waals surface area contributed by atoms with Gasteiger partial charge < -0.3 is 24.8 Å². The molecule has 3 aromatic rings. The minimum atomic E-state index is -6.24. The molecule has 19 heteroatoms. The van der Waals surface area contributed by atoms with E-state index in [-0.39, 0.29) is 17.4 Å². The number of nitrogens with two attached hydrogens (primary N) is 1. The van der Waals surface area contributed by atoms with Gasteiger partial charge in [-0.05, 0) is 17.5 Å². The molecule has 242 valence electrons. The number of benzene rings is 2. The minimum absolute atomic E-state index is 0.0173. The SMILES string of the molecule is CON=C(C(=O)NC1C(=O)N2C(C(=O)OC(c3ccccc3)c3ccccc3)=C(OS(=O)(=O)C(F)(F)F)CCC12)c1nsc(N)n1. The molecule has 5 rings (SSSR count). The zero-order valence-electron chi connectivity index (χ0n) is 23.5. The van der Waals surface area contributed by atoms with Crippen LogP contribution in [0, 0.1) is 0 Å². The molecule has 1 aromatic heterocycles. The smallest absolute Gasteiger partial charge is 0.448 e. The Morgan fingerprint density at radius 3 is 2.24 bits per heavy atom. The van der Waals surface area contributed by atoms with Crippen LogP contribution in [0.1, 0.15) is 35.9 Å². The molecule has 46 heavy (non-hydrogen) atoms. The highest BCUT2D eigenvalue weighted by Gasteiger charge is 2.57. The van der Waals surface area contributed by atoms with Crippen LogP contribution in [0.25, 0.3) is 0 Å². The van der Waals surface area contributed by atoms with Gasteiger partial charge in [0.05, 0.1) is 6.04 Å². The molecule has 0 radical (unpaired) electrons. The predicted octanol–water partition coefficient (Wildman–Crippen LogP) is 2.37. The third kappa shape index (κ3) is 6.36. The van der Waals surface area contributed by atoms with Crippen molar-refractivity contribution in [2.75, 3.05) is 12.8 Å². The largest absolute Gasteiger partial charge is 0.534 e. The lowest BCUT2D eigenvalue weighted by atomic mass is 9.85. The van der Waals surface area contributed by atoms with Crippen LogP contribution in [-0.4, -0.2) is 70.9 Å². The molecule has 0 saturated carbocycles. The van der Waals surface area contributed by atoms with E-state index in [1.165, 1.54) is 0 Å². The molecular formula is C27H23F3N6O8S2. The second-order valence-electron chi connectivity index (χ2n) is 9.71. The van der Waals surface area contributed by atoms with Gasteiger partial charge in [-0.3, -0.25) is 14.5 Å². The number of oxime groups is 1. The van der Waals surface area contributed by atoms with E-state index in [0.29, 0.717) is 11.1 Å². The molecular weight excluding hydrogens is 657 g/mol. The maximum Gasteiger partial charge on any atom is 0.534 e. The molecule has 14 nitrogen and oxygen atoms in total. The number of carbonyl (C=O) groups is 3. The lowest BCUT2D eigenvalue weighted by Gasteiger charge is -2.49. The van der Waals surface area contributed by atoms with E-state index in [4.69, 9.17) is 10.5 Å². The van der Waals surface area contributed by atoms with E-state index in [9.17, 15) is 36.0 Å². The highest BCUT2D eigenvalue weighted by atomic mass is 32.2. The van der Waals surface area contributed by atoms with E-state index < -0.39 is 75.2 Å². The molecule has 2 aromatic carbocycles. The van der Waals surface area contributed by atoms with Crippen LogP contribution in [0.4, 0.5) is 18.3 Å². The Kier molecular flexibility index (Phi) is 8.97. The fourth-order valence-corrected chi connectivity index (χ4v) is 5.80. The van der Waals surface area contributed by atoms with E-state index >= 15 is 0 Å². The number of ether oxygens (including phenoxy) is 1. The molecule has 1 fully saturated rings. The Morgan fingerprint density at radius 1 is 1.11 bits per heavy atom. The molecule has 0 bridgehead atoms. The van der Waals surface area contributed by atoms with Crippen molar-refractivity contribution in [1.29, 1.82) is 0 Å². The van der Waals surface area contributed by atoms with E-state index in [0.717, 1.165) is 23.5 Å². The number of nitrogen functional groups attached to an aromatic ring is 1. The number of fused-ring (bicyclic) bond motifs is 1. The van der Waals surface area contributed by atoms with Gasteiger partial charge in [0, 0.05) is 18.0 Å². The van der Waals surface area contributed by atoms with Crippen molar-refractivity contribution in [2.45, 2.75) is 36.5 Å². The number of anilines is 1. The number of esters is 1. The number of alkyl halides is 3. The number of rotatable bonds is 10. The predicted molar refractivity (Wildman–Crippen MR) is 154 cm³/mol. The molecule has 2 amide bonds. The summed E-state index contributed by atoms with van der Waals surface area (Å²) in [7, 11) is -5.09. The molecule has 2 atom stereocenters. The summed E-state index contributed by atoms with van der Waals surface area (Å²) >= 11 is 0.769. The summed E-state index contributed by atoms with van der Waals surface area (Å²) in [4.78, 5) is 49.5. The van der Waals surface area contributed by atoms with Crippen LogP contribution >= 0.6 is 11.5 Å². The first kappa shape index (κ1) is 32.4. The number of carbonyl (C=O) groups excluding carboxylic acids is 3. The zero-order chi connectivity index (χ0) is 33.2. The van der Waals surface area contributed by atoms with Gasteiger partial charge in [0.1, 0.15) is 13.2 Å². The quantitative estimate of drug-likeness (QED) is 0.0798. The van der Waals surface area contributed by atoms with Crippen LogP contribution in [0.5, 0.6) is 0 Å². The fourth-order valence-electron chi connectivity index (χ4n) is 4.84. The first-order valence-electron chi connectivity index (χ1n) is 13.2. The van der Waals surface area contributed by atoms with E-state index in [1.807, 2.05) is 0 Å². The molecule has 1 saturated heterocycles. The fraction of sp³-hybridized carbons (Fsp3) is 0.259. The molecule has 2 unspecified atom stereocenters. The summed E-state index contributed by atoms with van der Waals surface area (Å²) in [6.07, 6.45) is -1.85. The van der Waals surface area contributed by atoms with Crippen molar-refractivity contribution in [2.24, 2.45) is 5.16 Å². The van der Waals surface area contributed by atoms with Gasteiger partial charge in [-0.1, -0.05) is 65.8 Å². The molecule has 2 aliphatic rings. The molecule has 3 N–H and O–H groups in total. The van der Waals surface area contributed by atoms with Crippen molar-refractivity contribution >= 4 is 50.3 Å². The normalized spacial score (nSPS) is 18.5. The van der Waals surface area contributed by atoms with Gasteiger partial charge in [-0.2, -0.15) is 30.9 Å². The van der Waals surface area contributed by atoms with Gasteiger partial charge in [0.25, 0.3) is 11.8 Å². The van der Waals surface area contributed by atoms with E-state index in [2.05, 4.69) is 28.9 Å². The van der Waals surface area contributed by atoms with Crippen molar-refractivity contribution in [3.63, 3.8) is 0 Å². The van der Waals surface area contributed by atoms with Crippen LogP contribution in [0.15, 0.2) is 77.3 Å². The maximum atomic E-state index is 13.8. The van der Waals surface area contributed by atoms with E-state index in [1.54, 1.807) is 60.7 Å². The molecule has 0 aliphatic carbocycles. The Labute approximate surface area is 262 Å². The van der Waals surface area contributed by atoms with Crippen molar-refractivity contribution in [1.82, 2.24) is 19.6 Å². The number of halogens is 3. The molecule has 0 spiro atoms. The van der Waals surface area contributed by atoms with Gasteiger partial charge in [-0.15, -0.1) is 0 Å². The second kappa shape index (κ2) is 12.8. The number of β-lactam (4-membered cyclic amide) rings is 1. The average Bonchev–Trinajstić information content (AvgIpc) is 3.46. The van der Waals surface area contributed by atoms with Crippen LogP contribution in [0.2, 0.25) is 0 Å². The first-order chi connectivity index (χ1) is 21.8. The number of aromatic nitrogens is 2. The standard InChI is InChI=1S/C27H23F3N6O8S2/c1-42-34-19(22-33-26(31)45-35-22)23(37)32-18-16-12-13-17(44-46(40,41)27(28,29)30)20(36(16)24(18)38)25(39)43-21(14-8-4-2-5-9-14)15-10-6-3-7-11-15/h2-11,16,18,21H,12-13H2,1H3,(H,32,37)(H2,31,33,35). The van der Waals surface area contributed by atoms with Crippen molar-refractivity contribution in [3.8, 4) is 0 Å². The van der Waals surface area contributed by atoms with Crippen molar-refractivity contribution < 1.29 is 49.7 Å². The lowest BCUT2D eigenvalue weighted by molar-refractivity contribution is -0.159. The number of amides is 2. The summed E-state index contributed by atoms with van der Waals surface area (Å²) in [6, 6.07) is 14.3. The Hall–Kier alpha value is -5.04. The van der Waals surface area contributed by atoms with Gasteiger partial charge >= 0.3 is 21.6 Å². The van der Waals surface area contributed by atoms with Crippen molar-refractivity contribution in [3.05, 3.63) is 89.1 Å².